The van der Waals surface area contributed by atoms with Crippen molar-refractivity contribution in [3.63, 3.8) is 0 Å². The van der Waals surface area contributed by atoms with Crippen LogP contribution in [0.4, 0.5) is 0 Å². The molecule has 0 amide bonds. The minimum Gasteiger partial charge on any atom is -0.372 e. The summed E-state index contributed by atoms with van der Waals surface area (Å²) < 4.78 is 6.06. The normalized spacial score (nSPS) is 14.4. The zero-order chi connectivity index (χ0) is 13.4. The van der Waals surface area contributed by atoms with Crippen molar-refractivity contribution in [2.45, 2.75) is 39.7 Å². The maximum absolute atomic E-state index is 6.06. The second kappa shape index (κ2) is 8.28. The summed E-state index contributed by atoms with van der Waals surface area (Å²) >= 11 is 0. The van der Waals surface area contributed by atoms with Gasteiger partial charge in [-0.2, -0.15) is 0 Å². The third-order valence-electron chi connectivity index (χ3n) is 3.20. The molecular formula is C16H27NO. The van der Waals surface area contributed by atoms with Crippen LogP contribution in [0.2, 0.25) is 0 Å². The Labute approximate surface area is 112 Å². The van der Waals surface area contributed by atoms with Crippen molar-refractivity contribution in [3.8, 4) is 0 Å². The summed E-state index contributed by atoms with van der Waals surface area (Å²) in [4.78, 5) is 0. The number of aryl methyl sites for hydroxylation is 1. The van der Waals surface area contributed by atoms with E-state index in [1.165, 1.54) is 24.0 Å². The molecule has 0 aliphatic heterocycles. The van der Waals surface area contributed by atoms with Crippen LogP contribution >= 0.6 is 0 Å². The maximum Gasteiger partial charge on any atom is 0.0949 e. The minimum absolute atomic E-state index is 0.162. The Morgan fingerprint density at radius 3 is 2.44 bits per heavy atom. The van der Waals surface area contributed by atoms with Crippen molar-refractivity contribution in [2.24, 2.45) is 5.92 Å². The number of nitrogens with one attached hydrogen (secondary N) is 1. The Morgan fingerprint density at radius 1 is 1.22 bits per heavy atom. The van der Waals surface area contributed by atoms with Crippen molar-refractivity contribution < 1.29 is 4.74 Å². The van der Waals surface area contributed by atoms with Crippen LogP contribution in [0.3, 0.4) is 0 Å². The molecular weight excluding hydrogens is 222 g/mol. The summed E-state index contributed by atoms with van der Waals surface area (Å²) in [7, 11) is 1.97. The largest absolute Gasteiger partial charge is 0.372 e. The van der Waals surface area contributed by atoms with Gasteiger partial charge in [0.15, 0.2) is 0 Å². The van der Waals surface area contributed by atoms with Gasteiger partial charge in [0.1, 0.15) is 0 Å². The molecule has 1 aromatic rings. The van der Waals surface area contributed by atoms with E-state index in [9.17, 15) is 0 Å². The first-order valence-electron chi connectivity index (χ1n) is 7.00. The van der Waals surface area contributed by atoms with Crippen molar-refractivity contribution in [2.75, 3.05) is 20.2 Å². The highest BCUT2D eigenvalue weighted by atomic mass is 16.5. The fourth-order valence-electron chi connectivity index (χ4n) is 2.10. The van der Waals surface area contributed by atoms with Gasteiger partial charge in [-0.1, -0.05) is 50.1 Å². The van der Waals surface area contributed by atoms with E-state index in [1.54, 1.807) is 0 Å². The molecule has 18 heavy (non-hydrogen) atoms. The third kappa shape index (κ3) is 5.19. The summed E-state index contributed by atoms with van der Waals surface area (Å²) in [5.41, 5.74) is 2.56. The van der Waals surface area contributed by atoms with Gasteiger partial charge in [-0.15, -0.1) is 0 Å². The van der Waals surface area contributed by atoms with Crippen LogP contribution in [0.15, 0.2) is 24.3 Å². The summed E-state index contributed by atoms with van der Waals surface area (Å²) in [5, 5.41) is 3.21. The summed E-state index contributed by atoms with van der Waals surface area (Å²) in [6, 6.07) is 8.64. The van der Waals surface area contributed by atoms with E-state index in [-0.39, 0.29) is 6.10 Å². The van der Waals surface area contributed by atoms with Gasteiger partial charge in [0.2, 0.25) is 0 Å². The van der Waals surface area contributed by atoms with Crippen LogP contribution in [-0.2, 0) is 4.74 Å². The summed E-state index contributed by atoms with van der Waals surface area (Å²) in [6.07, 6.45) is 2.63. The molecule has 0 radical (unpaired) electrons. The second-order valence-corrected chi connectivity index (χ2v) is 5.18. The van der Waals surface area contributed by atoms with E-state index in [0.29, 0.717) is 5.92 Å². The molecule has 0 aromatic heterocycles. The van der Waals surface area contributed by atoms with Crippen molar-refractivity contribution in [1.82, 2.24) is 5.32 Å². The lowest BCUT2D eigenvalue weighted by molar-refractivity contribution is 0.0310. The summed E-state index contributed by atoms with van der Waals surface area (Å²) in [5.74, 6) is 0.639. The standard InChI is InChI=1S/C16H27NO/c1-5-6-14(3)12-18-16(11-17-4)15-9-7-13(2)8-10-15/h7-10,14,16-17H,5-6,11-12H2,1-4H3. The summed E-state index contributed by atoms with van der Waals surface area (Å²) in [6.45, 7) is 8.30. The SMILES string of the molecule is CCCC(C)COC(CNC)c1ccc(C)cc1. The van der Waals surface area contributed by atoms with Crippen LogP contribution in [0, 0.1) is 12.8 Å². The molecule has 1 rings (SSSR count). The van der Waals surface area contributed by atoms with Gasteiger partial charge in [0.05, 0.1) is 12.7 Å². The Morgan fingerprint density at radius 2 is 1.89 bits per heavy atom. The number of hydrogen-bond acceptors (Lipinski definition) is 2. The molecule has 2 atom stereocenters. The van der Waals surface area contributed by atoms with E-state index in [2.05, 4.69) is 50.4 Å². The van der Waals surface area contributed by atoms with Crippen LogP contribution in [-0.4, -0.2) is 20.2 Å². The van der Waals surface area contributed by atoms with Crippen LogP contribution in [0.5, 0.6) is 0 Å². The number of rotatable bonds is 8. The molecule has 1 N–H and O–H groups in total. The molecule has 0 saturated heterocycles. The van der Waals surface area contributed by atoms with Gasteiger partial charge in [0, 0.05) is 6.54 Å². The fourth-order valence-corrected chi connectivity index (χ4v) is 2.10. The highest BCUT2D eigenvalue weighted by molar-refractivity contribution is 5.23. The molecule has 0 saturated carbocycles. The topological polar surface area (TPSA) is 21.3 Å². The van der Waals surface area contributed by atoms with Crippen molar-refractivity contribution >= 4 is 0 Å². The Bertz CT molecular complexity index is 320. The molecule has 0 spiro atoms. The number of benzene rings is 1. The Balaban J connectivity index is 2.56. The molecule has 2 nitrogen and oxygen atoms in total. The zero-order valence-corrected chi connectivity index (χ0v) is 12.2. The Hall–Kier alpha value is -0.860. The quantitative estimate of drug-likeness (QED) is 0.758. The molecule has 0 heterocycles. The first-order valence-corrected chi connectivity index (χ1v) is 7.00. The van der Waals surface area contributed by atoms with Crippen molar-refractivity contribution in [3.05, 3.63) is 35.4 Å². The van der Waals surface area contributed by atoms with Gasteiger partial charge >= 0.3 is 0 Å². The minimum atomic E-state index is 0.162. The lowest BCUT2D eigenvalue weighted by atomic mass is 10.1. The second-order valence-electron chi connectivity index (χ2n) is 5.18. The van der Waals surface area contributed by atoms with E-state index in [4.69, 9.17) is 4.74 Å². The first kappa shape index (κ1) is 15.2. The highest BCUT2D eigenvalue weighted by Gasteiger charge is 2.12. The van der Waals surface area contributed by atoms with Gasteiger partial charge in [-0.3, -0.25) is 0 Å². The first-order chi connectivity index (χ1) is 8.67. The number of hydrogen-bond donors (Lipinski definition) is 1. The average Bonchev–Trinajstić information content (AvgIpc) is 2.36. The third-order valence-corrected chi connectivity index (χ3v) is 3.20. The number of likely N-dealkylation sites (N-methyl/N-ethyl adjacent to an activating group) is 1. The van der Waals surface area contributed by atoms with Crippen LogP contribution in [0.25, 0.3) is 0 Å². The van der Waals surface area contributed by atoms with E-state index in [0.717, 1.165) is 13.2 Å². The average molecular weight is 249 g/mol. The molecule has 102 valence electrons. The van der Waals surface area contributed by atoms with E-state index in [1.807, 2.05) is 7.05 Å². The molecule has 0 aliphatic carbocycles. The van der Waals surface area contributed by atoms with Crippen molar-refractivity contribution in [1.29, 1.82) is 0 Å². The molecule has 2 heteroatoms. The molecule has 0 aliphatic rings. The lowest BCUT2D eigenvalue weighted by Gasteiger charge is -2.20. The van der Waals surface area contributed by atoms with Crippen LogP contribution < -0.4 is 5.32 Å². The molecule has 0 fully saturated rings. The van der Waals surface area contributed by atoms with Gasteiger partial charge in [-0.05, 0) is 31.9 Å². The van der Waals surface area contributed by atoms with Gasteiger partial charge in [0.25, 0.3) is 0 Å². The highest BCUT2D eigenvalue weighted by Crippen LogP contribution is 2.19. The monoisotopic (exact) mass is 249 g/mol. The maximum atomic E-state index is 6.06. The van der Waals surface area contributed by atoms with E-state index >= 15 is 0 Å². The predicted octanol–water partition coefficient (Wildman–Crippen LogP) is 3.71. The molecule has 0 bridgehead atoms. The number of ether oxygens (including phenoxy) is 1. The molecule has 2 unspecified atom stereocenters. The van der Waals surface area contributed by atoms with Gasteiger partial charge < -0.3 is 10.1 Å². The Kier molecular flexibility index (Phi) is 6.99. The van der Waals surface area contributed by atoms with Gasteiger partial charge in [-0.25, -0.2) is 0 Å². The lowest BCUT2D eigenvalue weighted by Crippen LogP contribution is -2.21. The smallest absolute Gasteiger partial charge is 0.0949 e. The fraction of sp³-hybridized carbons (Fsp3) is 0.625. The molecule has 1 aromatic carbocycles. The van der Waals surface area contributed by atoms with Crippen LogP contribution in [0.1, 0.15) is 43.9 Å². The predicted molar refractivity (Wildman–Crippen MR) is 77.9 cm³/mol. The zero-order valence-electron chi connectivity index (χ0n) is 12.2. The van der Waals surface area contributed by atoms with E-state index < -0.39 is 0 Å².